The number of pyridine rings is 1. The Morgan fingerprint density at radius 1 is 1.00 bits per heavy atom. The number of fused-ring (bicyclic) bond motifs is 2. The summed E-state index contributed by atoms with van der Waals surface area (Å²) in [7, 11) is 0. The third-order valence-corrected chi connectivity index (χ3v) is 5.78. The number of H-pyrrole nitrogens is 1. The van der Waals surface area contributed by atoms with Gasteiger partial charge in [-0.2, -0.15) is 0 Å². The largest absolute Gasteiger partial charge is 0.350 e. The van der Waals surface area contributed by atoms with Crippen LogP contribution in [0.1, 0.15) is 16.2 Å². The van der Waals surface area contributed by atoms with Gasteiger partial charge in [-0.25, -0.2) is 4.98 Å². The molecule has 8 heteroatoms. The van der Waals surface area contributed by atoms with Crippen molar-refractivity contribution in [1.82, 2.24) is 24.2 Å². The van der Waals surface area contributed by atoms with E-state index in [0.717, 1.165) is 41.9 Å². The van der Waals surface area contributed by atoms with E-state index in [0.29, 0.717) is 28.8 Å². The minimum absolute atomic E-state index is 0.0272. The topological polar surface area (TPSA) is 56.6 Å². The third-order valence-electron chi connectivity index (χ3n) is 5.32. The number of rotatable bonds is 3. The highest BCUT2D eigenvalue weighted by atomic mass is 35.5. The molecule has 148 valence electrons. The Bertz CT molecular complexity index is 1210. The second kappa shape index (κ2) is 7.37. The molecule has 0 radical (unpaired) electrons. The first-order valence-electron chi connectivity index (χ1n) is 9.48. The van der Waals surface area contributed by atoms with Crippen LogP contribution in [0.4, 0.5) is 0 Å². The van der Waals surface area contributed by atoms with Crippen molar-refractivity contribution in [2.24, 2.45) is 0 Å². The van der Waals surface area contributed by atoms with Gasteiger partial charge in [-0.3, -0.25) is 9.69 Å². The molecule has 0 atom stereocenters. The van der Waals surface area contributed by atoms with Gasteiger partial charge in [0.15, 0.2) is 0 Å². The van der Waals surface area contributed by atoms with Crippen LogP contribution in [0.5, 0.6) is 0 Å². The Hall–Kier alpha value is -2.54. The van der Waals surface area contributed by atoms with Gasteiger partial charge in [-0.1, -0.05) is 29.3 Å². The minimum atomic E-state index is 0.0272. The number of carbonyl (C=O) groups is 1. The van der Waals surface area contributed by atoms with Crippen molar-refractivity contribution >= 4 is 45.7 Å². The molecule has 0 saturated carbocycles. The lowest BCUT2D eigenvalue weighted by Gasteiger charge is -2.34. The van der Waals surface area contributed by atoms with E-state index in [1.807, 2.05) is 58.1 Å². The molecule has 0 aliphatic carbocycles. The summed E-state index contributed by atoms with van der Waals surface area (Å²) in [6.07, 6.45) is 3.87. The van der Waals surface area contributed by atoms with Gasteiger partial charge in [0.25, 0.3) is 5.91 Å². The number of carbonyl (C=O) groups excluding carboxylic acids is 1. The zero-order valence-corrected chi connectivity index (χ0v) is 17.1. The van der Waals surface area contributed by atoms with Crippen LogP contribution in [0.3, 0.4) is 0 Å². The van der Waals surface area contributed by atoms with Crippen LogP contribution in [0.15, 0.2) is 48.8 Å². The Labute approximate surface area is 177 Å². The van der Waals surface area contributed by atoms with Crippen LogP contribution in [-0.4, -0.2) is 56.3 Å². The summed E-state index contributed by atoms with van der Waals surface area (Å²) < 4.78 is 1.94. The fraction of sp³-hybridized carbons (Fsp3) is 0.238. The number of benzene rings is 1. The van der Waals surface area contributed by atoms with Gasteiger partial charge in [-0.05, 0) is 30.3 Å². The fourth-order valence-corrected chi connectivity index (χ4v) is 4.16. The zero-order valence-electron chi connectivity index (χ0n) is 15.6. The van der Waals surface area contributed by atoms with Crippen molar-refractivity contribution in [2.75, 3.05) is 26.2 Å². The summed E-state index contributed by atoms with van der Waals surface area (Å²) in [5, 5.41) is 2.33. The molecule has 0 bridgehead atoms. The first kappa shape index (κ1) is 18.5. The highest BCUT2D eigenvalue weighted by Gasteiger charge is 2.23. The molecule has 3 aromatic heterocycles. The van der Waals surface area contributed by atoms with Crippen molar-refractivity contribution in [1.29, 1.82) is 0 Å². The maximum absolute atomic E-state index is 12.9. The molecule has 1 saturated heterocycles. The van der Waals surface area contributed by atoms with Gasteiger partial charge in [0.05, 0.1) is 10.7 Å². The van der Waals surface area contributed by atoms with Gasteiger partial charge in [0.2, 0.25) is 0 Å². The number of nitrogens with zero attached hydrogens (tertiary/aromatic N) is 4. The molecule has 4 aromatic rings. The van der Waals surface area contributed by atoms with Gasteiger partial charge in [0.1, 0.15) is 11.3 Å². The van der Waals surface area contributed by atoms with Crippen LogP contribution in [0.2, 0.25) is 10.0 Å². The number of hydrogen-bond donors (Lipinski definition) is 1. The van der Waals surface area contributed by atoms with E-state index >= 15 is 0 Å². The SMILES string of the molecule is O=C(c1cc2ccc(Cl)cc2[nH]1)N1CCN(Cc2cn3cc(Cl)ccc3n2)CC1. The van der Waals surface area contributed by atoms with Gasteiger partial charge >= 0.3 is 0 Å². The summed E-state index contributed by atoms with van der Waals surface area (Å²) in [5.74, 6) is 0.0272. The number of halogens is 2. The summed E-state index contributed by atoms with van der Waals surface area (Å²) >= 11 is 12.1. The number of aromatic nitrogens is 3. The first-order valence-corrected chi connectivity index (χ1v) is 10.2. The second-order valence-corrected chi connectivity index (χ2v) is 8.20. The molecule has 29 heavy (non-hydrogen) atoms. The highest BCUT2D eigenvalue weighted by molar-refractivity contribution is 6.31. The molecule has 6 nitrogen and oxygen atoms in total. The molecule has 1 aliphatic heterocycles. The standard InChI is InChI=1S/C21H19Cl2N5O/c22-15-2-1-14-9-19(25-18(14)10-15)21(29)27-7-5-26(6-8-27)12-17-13-28-11-16(23)3-4-20(28)24-17/h1-4,9-11,13,25H,5-8,12H2. The van der Waals surface area contributed by atoms with Crippen molar-refractivity contribution in [3.05, 3.63) is 70.2 Å². The quantitative estimate of drug-likeness (QED) is 0.535. The Morgan fingerprint density at radius 3 is 2.62 bits per heavy atom. The van der Waals surface area contributed by atoms with Crippen molar-refractivity contribution in [3.8, 4) is 0 Å². The van der Waals surface area contributed by atoms with Crippen LogP contribution in [0.25, 0.3) is 16.6 Å². The predicted octanol–water partition coefficient (Wildman–Crippen LogP) is 4.08. The molecule has 1 N–H and O–H groups in total. The second-order valence-electron chi connectivity index (χ2n) is 7.33. The molecule has 5 rings (SSSR count). The highest BCUT2D eigenvalue weighted by Crippen LogP contribution is 2.21. The number of amides is 1. The lowest BCUT2D eigenvalue weighted by molar-refractivity contribution is 0.0622. The summed E-state index contributed by atoms with van der Waals surface area (Å²) in [6, 6.07) is 11.2. The van der Waals surface area contributed by atoms with E-state index in [1.54, 1.807) is 0 Å². The average molecular weight is 428 g/mol. The van der Waals surface area contributed by atoms with Crippen molar-refractivity contribution in [2.45, 2.75) is 6.54 Å². The molecule has 0 unspecified atom stereocenters. The molecule has 4 heterocycles. The van der Waals surface area contributed by atoms with E-state index in [2.05, 4.69) is 14.9 Å². The summed E-state index contributed by atoms with van der Waals surface area (Å²) in [6.45, 7) is 3.76. The Morgan fingerprint density at radius 2 is 1.79 bits per heavy atom. The normalized spacial score (nSPS) is 15.4. The molecule has 1 aromatic carbocycles. The van der Waals surface area contributed by atoms with Crippen LogP contribution in [0, 0.1) is 0 Å². The Kier molecular flexibility index (Phi) is 4.70. The average Bonchev–Trinajstić information content (AvgIpc) is 3.30. The van der Waals surface area contributed by atoms with Crippen LogP contribution in [-0.2, 0) is 6.54 Å². The molecular formula is C21H19Cl2N5O. The van der Waals surface area contributed by atoms with Crippen molar-refractivity contribution in [3.63, 3.8) is 0 Å². The van der Waals surface area contributed by atoms with E-state index in [-0.39, 0.29) is 5.91 Å². The van der Waals surface area contributed by atoms with Gasteiger partial charge in [-0.15, -0.1) is 0 Å². The van der Waals surface area contributed by atoms with Gasteiger partial charge in [0, 0.05) is 61.0 Å². The number of hydrogen-bond acceptors (Lipinski definition) is 3. The fourth-order valence-electron chi connectivity index (χ4n) is 3.82. The maximum Gasteiger partial charge on any atom is 0.270 e. The minimum Gasteiger partial charge on any atom is -0.350 e. The molecule has 1 amide bonds. The number of nitrogens with one attached hydrogen (secondary N) is 1. The third kappa shape index (κ3) is 3.71. The summed E-state index contributed by atoms with van der Waals surface area (Å²) in [4.78, 5) is 24.9. The number of aromatic amines is 1. The monoisotopic (exact) mass is 427 g/mol. The Balaban J connectivity index is 1.23. The zero-order chi connectivity index (χ0) is 20.0. The van der Waals surface area contributed by atoms with Crippen molar-refractivity contribution < 1.29 is 4.79 Å². The number of imidazole rings is 1. The summed E-state index contributed by atoms with van der Waals surface area (Å²) in [5.41, 5.74) is 3.37. The van der Waals surface area contributed by atoms with E-state index in [9.17, 15) is 4.79 Å². The van der Waals surface area contributed by atoms with E-state index in [4.69, 9.17) is 23.2 Å². The number of piperazine rings is 1. The van der Waals surface area contributed by atoms with Crippen LogP contribution < -0.4 is 0 Å². The lowest BCUT2D eigenvalue weighted by Crippen LogP contribution is -2.48. The van der Waals surface area contributed by atoms with E-state index < -0.39 is 0 Å². The molecular weight excluding hydrogens is 409 g/mol. The molecule has 0 spiro atoms. The van der Waals surface area contributed by atoms with Crippen LogP contribution >= 0.6 is 23.2 Å². The predicted molar refractivity (Wildman–Crippen MR) is 115 cm³/mol. The molecule has 1 aliphatic rings. The maximum atomic E-state index is 12.9. The van der Waals surface area contributed by atoms with Gasteiger partial charge < -0.3 is 14.3 Å². The first-order chi connectivity index (χ1) is 14.0. The smallest absolute Gasteiger partial charge is 0.270 e. The lowest BCUT2D eigenvalue weighted by atomic mass is 10.2. The molecule has 1 fully saturated rings. The van der Waals surface area contributed by atoms with E-state index in [1.165, 1.54) is 0 Å².